The van der Waals surface area contributed by atoms with Crippen LogP contribution in [0.15, 0.2) is 65.3 Å². The molecule has 30 heavy (non-hydrogen) atoms. The number of rotatable bonds is 7. The zero-order chi connectivity index (χ0) is 21.7. The molecule has 3 rings (SSSR count). The highest BCUT2D eigenvalue weighted by molar-refractivity contribution is 7.92. The van der Waals surface area contributed by atoms with E-state index in [-0.39, 0.29) is 18.0 Å². The minimum Gasteiger partial charge on any atom is -0.467 e. The van der Waals surface area contributed by atoms with Crippen LogP contribution in [0.25, 0.3) is 0 Å². The number of hydrogen-bond donors (Lipinski definition) is 3. The standard InChI is InChI=1S/C21H21N3O5S/c1-14-9-10-15(12-19(14)24-30(2,27)28)20(25)23-18-8-4-3-7-17(18)21(26)22-13-16-6-5-11-29-16/h3-12,24H,13H2,1-2H3,(H,22,26)(H,23,25). The topological polar surface area (TPSA) is 118 Å². The molecule has 0 aliphatic rings. The molecule has 8 nitrogen and oxygen atoms in total. The van der Waals surface area contributed by atoms with Gasteiger partial charge >= 0.3 is 0 Å². The number of benzene rings is 2. The van der Waals surface area contributed by atoms with Crippen LogP contribution < -0.4 is 15.4 Å². The van der Waals surface area contributed by atoms with Gasteiger partial charge in [-0.1, -0.05) is 18.2 Å². The lowest BCUT2D eigenvalue weighted by molar-refractivity contribution is 0.0949. The second kappa shape index (κ2) is 8.83. The van der Waals surface area contributed by atoms with Gasteiger partial charge in [-0.05, 0) is 48.9 Å². The molecule has 9 heteroatoms. The maximum absolute atomic E-state index is 12.7. The first kappa shape index (κ1) is 21.1. The zero-order valence-electron chi connectivity index (χ0n) is 16.4. The Kier molecular flexibility index (Phi) is 6.22. The van der Waals surface area contributed by atoms with E-state index < -0.39 is 15.9 Å². The molecule has 1 aromatic heterocycles. The molecule has 3 aromatic rings. The Bertz CT molecular complexity index is 1170. The summed E-state index contributed by atoms with van der Waals surface area (Å²) in [5.41, 5.74) is 1.86. The highest BCUT2D eigenvalue weighted by Gasteiger charge is 2.16. The molecular formula is C21H21N3O5S. The van der Waals surface area contributed by atoms with Crippen LogP contribution in [0.2, 0.25) is 0 Å². The summed E-state index contributed by atoms with van der Waals surface area (Å²) in [5.74, 6) is -0.237. The average Bonchev–Trinajstić information content (AvgIpc) is 3.21. The van der Waals surface area contributed by atoms with Crippen LogP contribution in [-0.2, 0) is 16.6 Å². The predicted molar refractivity (Wildman–Crippen MR) is 114 cm³/mol. The summed E-state index contributed by atoms with van der Waals surface area (Å²) in [5, 5.41) is 5.45. The van der Waals surface area contributed by atoms with Crippen LogP contribution in [0.1, 0.15) is 32.0 Å². The number of furan rings is 1. The van der Waals surface area contributed by atoms with E-state index in [1.807, 2.05) is 0 Å². The first-order valence-electron chi connectivity index (χ1n) is 9.02. The fraction of sp³-hybridized carbons (Fsp3) is 0.143. The highest BCUT2D eigenvalue weighted by atomic mass is 32.2. The van der Waals surface area contributed by atoms with Gasteiger partial charge in [-0.3, -0.25) is 14.3 Å². The summed E-state index contributed by atoms with van der Waals surface area (Å²) in [6.07, 6.45) is 2.56. The highest BCUT2D eigenvalue weighted by Crippen LogP contribution is 2.21. The molecule has 3 N–H and O–H groups in total. The van der Waals surface area contributed by atoms with Crippen molar-refractivity contribution in [3.63, 3.8) is 0 Å². The Balaban J connectivity index is 1.77. The van der Waals surface area contributed by atoms with E-state index in [1.165, 1.54) is 12.3 Å². The monoisotopic (exact) mass is 427 g/mol. The maximum atomic E-state index is 12.7. The van der Waals surface area contributed by atoms with Crippen molar-refractivity contribution in [3.05, 3.63) is 83.3 Å². The van der Waals surface area contributed by atoms with E-state index in [1.54, 1.807) is 55.5 Å². The second-order valence-electron chi connectivity index (χ2n) is 6.67. The number of amides is 2. The molecule has 0 radical (unpaired) electrons. The smallest absolute Gasteiger partial charge is 0.255 e. The average molecular weight is 427 g/mol. The van der Waals surface area contributed by atoms with Gasteiger partial charge in [0, 0.05) is 5.56 Å². The number of para-hydroxylation sites is 1. The summed E-state index contributed by atoms with van der Waals surface area (Å²) < 4.78 is 30.6. The maximum Gasteiger partial charge on any atom is 0.255 e. The Morgan fingerprint density at radius 1 is 0.967 bits per heavy atom. The van der Waals surface area contributed by atoms with Crippen molar-refractivity contribution < 1.29 is 22.4 Å². The number of carbonyl (C=O) groups is 2. The number of aryl methyl sites for hydroxylation is 1. The normalized spacial score (nSPS) is 11.0. The van der Waals surface area contributed by atoms with Crippen LogP contribution in [-0.4, -0.2) is 26.5 Å². The number of anilines is 2. The number of carbonyl (C=O) groups excluding carboxylic acids is 2. The third kappa shape index (κ3) is 5.48. The van der Waals surface area contributed by atoms with Gasteiger partial charge in [-0.15, -0.1) is 0 Å². The number of hydrogen-bond acceptors (Lipinski definition) is 5. The summed E-state index contributed by atoms with van der Waals surface area (Å²) in [7, 11) is -3.49. The molecule has 2 aromatic carbocycles. The first-order chi connectivity index (χ1) is 14.2. The van der Waals surface area contributed by atoms with E-state index in [0.29, 0.717) is 28.3 Å². The predicted octanol–water partition coefficient (Wildman–Crippen LogP) is 3.14. The fourth-order valence-corrected chi connectivity index (χ4v) is 3.35. The van der Waals surface area contributed by atoms with E-state index in [9.17, 15) is 18.0 Å². The largest absolute Gasteiger partial charge is 0.467 e. The molecule has 0 saturated carbocycles. The summed E-state index contributed by atoms with van der Waals surface area (Å²) >= 11 is 0. The summed E-state index contributed by atoms with van der Waals surface area (Å²) in [4.78, 5) is 25.3. The molecule has 0 bridgehead atoms. The Hall–Kier alpha value is -3.59. The lowest BCUT2D eigenvalue weighted by Gasteiger charge is -2.13. The Labute approximate surface area is 174 Å². The molecule has 2 amide bonds. The third-order valence-corrected chi connectivity index (χ3v) is 4.81. The van der Waals surface area contributed by atoms with E-state index in [4.69, 9.17) is 4.42 Å². The van der Waals surface area contributed by atoms with Crippen LogP contribution >= 0.6 is 0 Å². The molecule has 0 aliphatic heterocycles. The van der Waals surface area contributed by atoms with E-state index in [0.717, 1.165) is 6.26 Å². The minimum absolute atomic E-state index is 0.215. The lowest BCUT2D eigenvalue weighted by Crippen LogP contribution is -2.24. The number of sulfonamides is 1. The Morgan fingerprint density at radius 3 is 2.43 bits per heavy atom. The lowest BCUT2D eigenvalue weighted by atomic mass is 10.1. The zero-order valence-corrected chi connectivity index (χ0v) is 17.2. The molecule has 0 atom stereocenters. The van der Waals surface area contributed by atoms with Crippen LogP contribution in [0.4, 0.5) is 11.4 Å². The molecule has 0 aliphatic carbocycles. The molecule has 156 valence electrons. The molecule has 0 saturated heterocycles. The van der Waals surface area contributed by atoms with Gasteiger partial charge in [0.1, 0.15) is 5.76 Å². The van der Waals surface area contributed by atoms with Crippen molar-refractivity contribution >= 4 is 33.2 Å². The quantitative estimate of drug-likeness (QED) is 0.535. The third-order valence-electron chi connectivity index (χ3n) is 4.22. The van der Waals surface area contributed by atoms with Gasteiger partial charge in [0.2, 0.25) is 10.0 Å². The summed E-state index contributed by atoms with van der Waals surface area (Å²) in [6.45, 7) is 1.94. The minimum atomic E-state index is -3.49. The van der Waals surface area contributed by atoms with Crippen molar-refractivity contribution in [2.75, 3.05) is 16.3 Å². The Morgan fingerprint density at radius 2 is 1.73 bits per heavy atom. The molecule has 0 spiro atoms. The summed E-state index contributed by atoms with van der Waals surface area (Å²) in [6, 6.07) is 14.7. The molecule has 0 unspecified atom stereocenters. The van der Waals surface area contributed by atoms with Crippen molar-refractivity contribution in [3.8, 4) is 0 Å². The van der Waals surface area contributed by atoms with Gasteiger partial charge in [0.05, 0.1) is 36.0 Å². The first-order valence-corrected chi connectivity index (χ1v) is 10.9. The molecule has 0 fully saturated rings. The van der Waals surface area contributed by atoms with Gasteiger partial charge in [-0.25, -0.2) is 8.42 Å². The van der Waals surface area contributed by atoms with Crippen molar-refractivity contribution in [1.82, 2.24) is 5.32 Å². The van der Waals surface area contributed by atoms with Crippen molar-refractivity contribution in [2.45, 2.75) is 13.5 Å². The number of nitrogens with one attached hydrogen (secondary N) is 3. The van der Waals surface area contributed by atoms with Crippen LogP contribution in [0.3, 0.4) is 0 Å². The van der Waals surface area contributed by atoms with Crippen LogP contribution in [0.5, 0.6) is 0 Å². The van der Waals surface area contributed by atoms with Gasteiger partial charge in [0.15, 0.2) is 0 Å². The van der Waals surface area contributed by atoms with E-state index in [2.05, 4.69) is 15.4 Å². The van der Waals surface area contributed by atoms with Crippen molar-refractivity contribution in [2.24, 2.45) is 0 Å². The van der Waals surface area contributed by atoms with Gasteiger partial charge < -0.3 is 15.1 Å². The van der Waals surface area contributed by atoms with Gasteiger partial charge in [0.25, 0.3) is 11.8 Å². The second-order valence-corrected chi connectivity index (χ2v) is 8.41. The van der Waals surface area contributed by atoms with Gasteiger partial charge in [-0.2, -0.15) is 0 Å². The fourth-order valence-electron chi connectivity index (χ4n) is 2.73. The molecule has 1 heterocycles. The van der Waals surface area contributed by atoms with E-state index >= 15 is 0 Å². The molecular weight excluding hydrogens is 406 g/mol. The van der Waals surface area contributed by atoms with Crippen molar-refractivity contribution in [1.29, 1.82) is 0 Å². The van der Waals surface area contributed by atoms with Crippen LogP contribution in [0, 0.1) is 6.92 Å². The SMILES string of the molecule is Cc1ccc(C(=O)Nc2ccccc2C(=O)NCc2ccco2)cc1NS(C)(=O)=O.